The number of hydrogen-bond donors (Lipinski definition) is 1. The molecule has 1 fully saturated rings. The summed E-state index contributed by atoms with van der Waals surface area (Å²) in [7, 11) is 0. The minimum Gasteiger partial charge on any atom is -0.339 e. The van der Waals surface area contributed by atoms with Gasteiger partial charge >= 0.3 is 0 Å². The molecule has 0 aromatic carbocycles. The van der Waals surface area contributed by atoms with Crippen LogP contribution in [0.4, 0.5) is 5.82 Å². The van der Waals surface area contributed by atoms with E-state index in [4.69, 9.17) is 0 Å². The Morgan fingerprint density at radius 1 is 1.17 bits per heavy atom. The van der Waals surface area contributed by atoms with Crippen molar-refractivity contribution in [2.45, 2.75) is 25.3 Å². The first kappa shape index (κ1) is 14.6. The minimum atomic E-state index is -0.144. The van der Waals surface area contributed by atoms with Gasteiger partial charge in [0.2, 0.25) is 0 Å². The van der Waals surface area contributed by atoms with Gasteiger partial charge < -0.3 is 9.88 Å². The van der Waals surface area contributed by atoms with E-state index in [1.54, 1.807) is 18.6 Å². The van der Waals surface area contributed by atoms with E-state index in [9.17, 15) is 4.79 Å². The second-order valence-corrected chi connectivity index (χ2v) is 6.08. The Hall–Kier alpha value is -2.95. The Balaban J connectivity index is 1.51. The number of anilines is 1. The Kier molecular flexibility index (Phi) is 3.83. The quantitative estimate of drug-likeness (QED) is 0.784. The van der Waals surface area contributed by atoms with E-state index in [-0.39, 0.29) is 5.91 Å². The first-order valence-electron chi connectivity index (χ1n) is 8.11. The number of carbonyl (C=O) groups is 1. The van der Waals surface area contributed by atoms with E-state index in [1.165, 1.54) is 18.4 Å². The van der Waals surface area contributed by atoms with Crippen LogP contribution >= 0.6 is 0 Å². The predicted octanol–water partition coefficient (Wildman–Crippen LogP) is 3.46. The third-order valence-corrected chi connectivity index (χ3v) is 4.24. The van der Waals surface area contributed by atoms with E-state index in [1.807, 2.05) is 47.2 Å². The summed E-state index contributed by atoms with van der Waals surface area (Å²) in [4.78, 5) is 20.9. The van der Waals surface area contributed by atoms with Gasteiger partial charge in [0.15, 0.2) is 0 Å². The van der Waals surface area contributed by atoms with Gasteiger partial charge in [-0.05, 0) is 66.3 Å². The molecule has 0 saturated heterocycles. The maximum atomic E-state index is 12.6. The van der Waals surface area contributed by atoms with Crippen LogP contribution in [0.2, 0.25) is 0 Å². The lowest BCUT2D eigenvalue weighted by Crippen LogP contribution is -2.18. The maximum Gasteiger partial charge on any atom is 0.273 e. The predicted molar refractivity (Wildman–Crippen MR) is 91.9 cm³/mol. The average molecular weight is 318 g/mol. The van der Waals surface area contributed by atoms with Crippen LogP contribution in [-0.4, -0.2) is 20.4 Å². The van der Waals surface area contributed by atoms with Gasteiger partial charge in [-0.15, -0.1) is 0 Å². The number of hydrogen-bond acceptors (Lipinski definition) is 3. The minimum absolute atomic E-state index is 0.144. The third kappa shape index (κ3) is 3.20. The Labute approximate surface area is 140 Å². The van der Waals surface area contributed by atoms with E-state index in [0.717, 1.165) is 5.56 Å². The molecule has 0 radical (unpaired) electrons. The first-order valence-corrected chi connectivity index (χ1v) is 8.11. The third-order valence-electron chi connectivity index (χ3n) is 4.24. The van der Waals surface area contributed by atoms with E-state index >= 15 is 0 Å². The molecule has 24 heavy (non-hydrogen) atoms. The largest absolute Gasteiger partial charge is 0.339 e. The number of pyridine rings is 2. The van der Waals surface area contributed by atoms with Crippen LogP contribution in [0.5, 0.6) is 0 Å². The maximum absolute atomic E-state index is 12.6. The molecule has 1 N–H and O–H groups in total. The van der Waals surface area contributed by atoms with Crippen molar-refractivity contribution < 1.29 is 4.79 Å². The van der Waals surface area contributed by atoms with Crippen LogP contribution < -0.4 is 5.32 Å². The fourth-order valence-electron chi connectivity index (χ4n) is 2.81. The lowest BCUT2D eigenvalue weighted by Gasteiger charge is -2.10. The normalized spacial score (nSPS) is 13.7. The van der Waals surface area contributed by atoms with Crippen molar-refractivity contribution in [3.8, 4) is 0 Å². The summed E-state index contributed by atoms with van der Waals surface area (Å²) in [6, 6.07) is 11.6. The summed E-state index contributed by atoms with van der Waals surface area (Å²) in [6.07, 6.45) is 9.64. The zero-order valence-electron chi connectivity index (χ0n) is 13.2. The van der Waals surface area contributed by atoms with Crippen LogP contribution in [0, 0.1) is 0 Å². The zero-order valence-corrected chi connectivity index (χ0v) is 13.2. The Morgan fingerprint density at radius 2 is 2.00 bits per heavy atom. The number of carbonyl (C=O) groups excluding carboxylic acids is 1. The first-order chi connectivity index (χ1) is 11.8. The summed E-state index contributed by atoms with van der Waals surface area (Å²) in [5.74, 6) is 1.11. The van der Waals surface area contributed by atoms with E-state index < -0.39 is 0 Å². The summed E-state index contributed by atoms with van der Waals surface area (Å²) in [6.45, 7) is 0.633. The number of nitrogens with zero attached hydrogens (tertiary/aromatic N) is 3. The highest BCUT2D eigenvalue weighted by Crippen LogP contribution is 2.40. The summed E-state index contributed by atoms with van der Waals surface area (Å²) < 4.78 is 1.93. The number of nitrogens with one attached hydrogen (secondary N) is 1. The van der Waals surface area contributed by atoms with Crippen molar-refractivity contribution in [2.75, 3.05) is 5.32 Å². The van der Waals surface area contributed by atoms with Crippen molar-refractivity contribution in [1.29, 1.82) is 0 Å². The molecule has 0 atom stereocenters. The molecular weight excluding hydrogens is 300 g/mol. The molecule has 3 heterocycles. The lowest BCUT2D eigenvalue weighted by atomic mass is 10.2. The van der Waals surface area contributed by atoms with E-state index in [0.29, 0.717) is 24.0 Å². The number of aromatic nitrogens is 3. The van der Waals surface area contributed by atoms with Crippen molar-refractivity contribution in [3.63, 3.8) is 0 Å². The standard InChI is InChI=1S/C19H18N4O/c24-19(22-18-12-16(7-10-21-18)15-3-4-15)17-2-1-11-23(17)13-14-5-8-20-9-6-14/h1-2,5-12,15H,3-4,13H2,(H,21,22,24). The monoisotopic (exact) mass is 318 g/mol. The smallest absolute Gasteiger partial charge is 0.273 e. The van der Waals surface area contributed by atoms with Crippen LogP contribution in [0.1, 0.15) is 40.4 Å². The van der Waals surface area contributed by atoms with Crippen molar-refractivity contribution in [2.24, 2.45) is 0 Å². The average Bonchev–Trinajstić information content (AvgIpc) is 3.36. The van der Waals surface area contributed by atoms with Crippen LogP contribution in [0.15, 0.2) is 61.2 Å². The van der Waals surface area contributed by atoms with Gasteiger partial charge in [0.05, 0.1) is 0 Å². The second-order valence-electron chi connectivity index (χ2n) is 6.08. The molecule has 0 spiro atoms. The molecule has 120 valence electrons. The molecule has 1 aliphatic carbocycles. The molecule has 4 rings (SSSR count). The molecule has 0 unspecified atom stereocenters. The number of amides is 1. The molecule has 3 aromatic heterocycles. The van der Waals surface area contributed by atoms with Crippen molar-refractivity contribution in [3.05, 3.63) is 78.0 Å². The topological polar surface area (TPSA) is 59.8 Å². The molecule has 1 aliphatic rings. The van der Waals surface area contributed by atoms with Crippen molar-refractivity contribution >= 4 is 11.7 Å². The van der Waals surface area contributed by atoms with Gasteiger partial charge in [-0.3, -0.25) is 9.78 Å². The number of rotatable bonds is 5. The van der Waals surface area contributed by atoms with Crippen molar-refractivity contribution in [1.82, 2.24) is 14.5 Å². The summed E-state index contributed by atoms with van der Waals surface area (Å²) >= 11 is 0. The zero-order chi connectivity index (χ0) is 16.4. The molecule has 5 nitrogen and oxygen atoms in total. The second kappa shape index (κ2) is 6.28. The summed E-state index contributed by atoms with van der Waals surface area (Å²) in [5.41, 5.74) is 2.97. The summed E-state index contributed by atoms with van der Waals surface area (Å²) in [5, 5.41) is 2.91. The Bertz CT molecular complexity index is 853. The van der Waals surface area contributed by atoms with Gasteiger partial charge in [-0.2, -0.15) is 0 Å². The van der Waals surface area contributed by atoms with Crippen LogP contribution in [0.3, 0.4) is 0 Å². The van der Waals surface area contributed by atoms with Crippen LogP contribution in [-0.2, 0) is 6.54 Å². The fraction of sp³-hybridized carbons (Fsp3) is 0.211. The SMILES string of the molecule is O=C(Nc1cc(C2CC2)ccn1)c1cccn1Cc1ccncc1. The Morgan fingerprint density at radius 3 is 2.79 bits per heavy atom. The highest BCUT2D eigenvalue weighted by atomic mass is 16.2. The lowest BCUT2D eigenvalue weighted by molar-refractivity contribution is 0.101. The molecule has 0 aliphatic heterocycles. The molecule has 3 aromatic rings. The van der Waals surface area contributed by atoms with Gasteiger partial charge in [0, 0.05) is 31.3 Å². The van der Waals surface area contributed by atoms with Gasteiger partial charge in [-0.1, -0.05) is 0 Å². The van der Waals surface area contributed by atoms with Gasteiger partial charge in [-0.25, -0.2) is 4.98 Å². The van der Waals surface area contributed by atoms with Gasteiger partial charge in [0.25, 0.3) is 5.91 Å². The fourth-order valence-corrected chi connectivity index (χ4v) is 2.81. The molecule has 1 saturated carbocycles. The molecule has 0 bridgehead atoms. The highest BCUT2D eigenvalue weighted by molar-refractivity contribution is 6.02. The van der Waals surface area contributed by atoms with Crippen LogP contribution in [0.25, 0.3) is 0 Å². The molecular formula is C19H18N4O. The molecule has 5 heteroatoms. The van der Waals surface area contributed by atoms with Gasteiger partial charge in [0.1, 0.15) is 11.5 Å². The van der Waals surface area contributed by atoms with E-state index in [2.05, 4.69) is 15.3 Å². The molecule has 1 amide bonds. The highest BCUT2D eigenvalue weighted by Gasteiger charge is 2.24.